The van der Waals surface area contributed by atoms with Gasteiger partial charge in [-0.25, -0.2) is 0 Å². The first kappa shape index (κ1) is 13.7. The van der Waals surface area contributed by atoms with E-state index in [1.165, 1.54) is 0 Å². The zero-order chi connectivity index (χ0) is 12.4. The summed E-state index contributed by atoms with van der Waals surface area (Å²) >= 11 is 0. The predicted octanol–water partition coefficient (Wildman–Crippen LogP) is -0.323. The number of nitrogens with one attached hydrogen (secondary N) is 2. The zero-order valence-electron chi connectivity index (χ0n) is 8.71. The Kier molecular flexibility index (Phi) is 4.16. The van der Waals surface area contributed by atoms with Gasteiger partial charge in [0.2, 0.25) is 0 Å². The summed E-state index contributed by atoms with van der Waals surface area (Å²) < 4.78 is 61.3. The fourth-order valence-electron chi connectivity index (χ4n) is 1.36. The fraction of sp³-hybridized carbons (Fsp3) is 1.00. The van der Waals surface area contributed by atoms with Crippen molar-refractivity contribution < 1.29 is 21.6 Å². The molecule has 1 fully saturated rings. The first-order chi connectivity index (χ1) is 7.26. The lowest BCUT2D eigenvalue weighted by atomic mass is 10.2. The molecule has 0 atom stereocenters. The zero-order valence-corrected chi connectivity index (χ0v) is 9.53. The van der Waals surface area contributed by atoms with E-state index in [0.717, 1.165) is 4.31 Å². The molecule has 1 aliphatic heterocycles. The minimum absolute atomic E-state index is 0.152. The Morgan fingerprint density at radius 3 is 2.31 bits per heavy atom. The van der Waals surface area contributed by atoms with Crippen molar-refractivity contribution in [3.05, 3.63) is 0 Å². The Balaban J connectivity index is 2.60. The van der Waals surface area contributed by atoms with Crippen molar-refractivity contribution in [3.8, 4) is 0 Å². The monoisotopic (exact) mass is 261 g/mol. The molecule has 0 bridgehead atoms. The second kappa shape index (κ2) is 4.86. The maximum absolute atomic E-state index is 11.9. The van der Waals surface area contributed by atoms with Gasteiger partial charge in [0, 0.05) is 19.6 Å². The molecule has 0 amide bonds. The normalized spacial score (nSPS) is 18.8. The van der Waals surface area contributed by atoms with E-state index in [-0.39, 0.29) is 12.6 Å². The average Bonchev–Trinajstić information content (AvgIpc) is 2.06. The van der Waals surface area contributed by atoms with Crippen LogP contribution in [0.4, 0.5) is 13.2 Å². The molecule has 1 heterocycles. The van der Waals surface area contributed by atoms with Crippen LogP contribution in [0.15, 0.2) is 0 Å². The van der Waals surface area contributed by atoms with Crippen molar-refractivity contribution in [2.24, 2.45) is 0 Å². The molecule has 1 aliphatic rings. The molecule has 2 N–H and O–H groups in total. The van der Waals surface area contributed by atoms with Crippen LogP contribution in [-0.4, -0.2) is 51.1 Å². The first-order valence-corrected chi connectivity index (χ1v) is 6.24. The highest BCUT2D eigenvalue weighted by Gasteiger charge is 2.35. The third-order valence-corrected chi connectivity index (χ3v) is 3.93. The van der Waals surface area contributed by atoms with E-state index in [1.54, 1.807) is 11.6 Å². The van der Waals surface area contributed by atoms with E-state index < -0.39 is 22.9 Å². The number of halogens is 3. The van der Waals surface area contributed by atoms with Crippen LogP contribution in [0, 0.1) is 0 Å². The summed E-state index contributed by atoms with van der Waals surface area (Å²) in [6, 6.07) is -0.254. The summed E-state index contributed by atoms with van der Waals surface area (Å²) in [5.74, 6) is 0. The highest BCUT2D eigenvalue weighted by Crippen LogP contribution is 2.15. The highest BCUT2D eigenvalue weighted by atomic mass is 32.2. The molecule has 0 radical (unpaired) electrons. The first-order valence-electron chi connectivity index (χ1n) is 4.80. The van der Waals surface area contributed by atoms with Crippen molar-refractivity contribution in [3.63, 3.8) is 0 Å². The molecule has 5 nitrogen and oxygen atoms in total. The van der Waals surface area contributed by atoms with Crippen LogP contribution >= 0.6 is 0 Å². The van der Waals surface area contributed by atoms with Crippen LogP contribution in [0.1, 0.15) is 6.92 Å². The maximum Gasteiger partial charge on any atom is 0.402 e. The molecule has 0 saturated carbocycles. The second-order valence-corrected chi connectivity index (χ2v) is 5.16. The molecule has 0 aromatic carbocycles. The summed E-state index contributed by atoms with van der Waals surface area (Å²) in [5, 5.41) is 2.86. The van der Waals surface area contributed by atoms with Crippen LogP contribution in [0.5, 0.6) is 0 Å². The molecule has 0 aromatic rings. The Morgan fingerprint density at radius 2 is 2.00 bits per heavy atom. The smallest absolute Gasteiger partial charge is 0.313 e. The molecule has 1 saturated heterocycles. The Bertz CT molecular complexity index is 326. The Morgan fingerprint density at radius 1 is 1.44 bits per heavy atom. The summed E-state index contributed by atoms with van der Waals surface area (Å²) in [4.78, 5) is 0. The quantitative estimate of drug-likeness (QED) is 0.713. The molecular formula is C7H14F3N3O2S. The van der Waals surface area contributed by atoms with Gasteiger partial charge in [0.15, 0.2) is 0 Å². The minimum atomic E-state index is -4.54. The molecule has 9 heteroatoms. The van der Waals surface area contributed by atoms with Crippen LogP contribution in [0.25, 0.3) is 0 Å². The summed E-state index contributed by atoms with van der Waals surface area (Å²) in [6.45, 7) is 1.15. The van der Waals surface area contributed by atoms with Crippen molar-refractivity contribution in [1.29, 1.82) is 0 Å². The van der Waals surface area contributed by atoms with E-state index in [2.05, 4.69) is 5.32 Å². The third-order valence-electron chi connectivity index (χ3n) is 2.24. The average molecular weight is 261 g/mol. The van der Waals surface area contributed by atoms with Crippen molar-refractivity contribution in [2.75, 3.05) is 26.2 Å². The summed E-state index contributed by atoms with van der Waals surface area (Å²) in [6.07, 6.45) is -4.54. The largest absolute Gasteiger partial charge is 0.402 e. The van der Waals surface area contributed by atoms with Gasteiger partial charge in [0.1, 0.15) is 6.54 Å². The van der Waals surface area contributed by atoms with E-state index in [4.69, 9.17) is 0 Å². The number of hydrogen-bond donors (Lipinski definition) is 2. The number of rotatable bonds is 5. The van der Waals surface area contributed by atoms with Crippen LogP contribution in [0.3, 0.4) is 0 Å². The minimum Gasteiger partial charge on any atom is -0.313 e. The number of nitrogens with zero attached hydrogens (tertiary/aromatic N) is 1. The van der Waals surface area contributed by atoms with Crippen LogP contribution < -0.4 is 10.0 Å². The molecule has 0 aliphatic carbocycles. The molecule has 1 rings (SSSR count). The lowest BCUT2D eigenvalue weighted by molar-refractivity contribution is -0.121. The Hall–Kier alpha value is -0.380. The highest BCUT2D eigenvalue weighted by molar-refractivity contribution is 7.87. The topological polar surface area (TPSA) is 61.4 Å². The predicted molar refractivity (Wildman–Crippen MR) is 52.0 cm³/mol. The third kappa shape index (κ3) is 3.58. The van der Waals surface area contributed by atoms with Gasteiger partial charge in [0.05, 0.1) is 6.04 Å². The fourth-order valence-corrected chi connectivity index (χ4v) is 2.75. The molecule has 0 unspecified atom stereocenters. The molecule has 0 aromatic heterocycles. The van der Waals surface area contributed by atoms with E-state index in [0.29, 0.717) is 13.1 Å². The number of alkyl halides is 3. The molecule has 0 spiro atoms. The van der Waals surface area contributed by atoms with Gasteiger partial charge in [-0.2, -0.15) is 30.6 Å². The van der Waals surface area contributed by atoms with Crippen molar-refractivity contribution >= 4 is 10.2 Å². The number of hydrogen-bond acceptors (Lipinski definition) is 3. The van der Waals surface area contributed by atoms with E-state index in [1.807, 2.05) is 0 Å². The molecule has 16 heavy (non-hydrogen) atoms. The van der Waals surface area contributed by atoms with Gasteiger partial charge in [0.25, 0.3) is 10.2 Å². The lowest BCUT2D eigenvalue weighted by Crippen LogP contribution is -2.61. The maximum atomic E-state index is 11.9. The summed E-state index contributed by atoms with van der Waals surface area (Å²) in [5.41, 5.74) is 0. The lowest BCUT2D eigenvalue weighted by Gasteiger charge is -2.36. The molecular weight excluding hydrogens is 247 g/mol. The van der Waals surface area contributed by atoms with Gasteiger partial charge in [-0.3, -0.25) is 0 Å². The van der Waals surface area contributed by atoms with Gasteiger partial charge in [-0.1, -0.05) is 6.92 Å². The van der Waals surface area contributed by atoms with Crippen LogP contribution in [-0.2, 0) is 10.2 Å². The van der Waals surface area contributed by atoms with Crippen molar-refractivity contribution in [2.45, 2.75) is 19.1 Å². The summed E-state index contributed by atoms with van der Waals surface area (Å²) in [7, 11) is -4.04. The van der Waals surface area contributed by atoms with Gasteiger partial charge in [-0.15, -0.1) is 0 Å². The second-order valence-electron chi connectivity index (χ2n) is 3.46. The van der Waals surface area contributed by atoms with Crippen LogP contribution in [0.2, 0.25) is 0 Å². The SMILES string of the molecule is CCN(C1CNC1)S(=O)(=O)NCC(F)(F)F. The van der Waals surface area contributed by atoms with Gasteiger partial charge >= 0.3 is 6.18 Å². The van der Waals surface area contributed by atoms with Crippen molar-refractivity contribution in [1.82, 2.24) is 14.3 Å². The molecule has 96 valence electrons. The standard InChI is InChI=1S/C7H14F3N3O2S/c1-2-13(6-3-11-4-6)16(14,15)12-5-7(8,9)10/h6,11-12H,2-5H2,1H3. The van der Waals surface area contributed by atoms with Gasteiger partial charge < -0.3 is 5.32 Å². The Labute approximate surface area is 92.2 Å². The van der Waals surface area contributed by atoms with E-state index >= 15 is 0 Å². The van der Waals surface area contributed by atoms with Gasteiger partial charge in [-0.05, 0) is 0 Å². The number of likely N-dealkylation sites (N-methyl/N-ethyl adjacent to an activating group) is 1. The van der Waals surface area contributed by atoms with E-state index in [9.17, 15) is 21.6 Å².